The number of likely N-dealkylation sites (tertiary alicyclic amines) is 1. The number of aryl methyl sites for hydroxylation is 1. The fourth-order valence-corrected chi connectivity index (χ4v) is 3.29. The molecule has 1 aliphatic heterocycles. The highest BCUT2D eigenvalue weighted by Gasteiger charge is 2.36. The maximum atomic E-state index is 13.4. The number of hydrogen-bond acceptors (Lipinski definition) is 4. The molecule has 0 spiro atoms. The molecule has 2 aromatic heterocycles. The average molecular weight is 370 g/mol. The highest BCUT2D eigenvalue weighted by molar-refractivity contribution is 5.76. The van der Waals surface area contributed by atoms with Crippen LogP contribution in [0.3, 0.4) is 0 Å². The molecule has 9 heteroatoms. The smallest absolute Gasteiger partial charge is 0.384 e. The second-order valence-electron chi connectivity index (χ2n) is 6.52. The lowest BCUT2D eigenvalue weighted by atomic mass is 9.92. The van der Waals surface area contributed by atoms with Crippen molar-refractivity contribution in [3.05, 3.63) is 29.2 Å². The van der Waals surface area contributed by atoms with Crippen LogP contribution in [0, 0.1) is 6.92 Å². The fraction of sp³-hybridized carbons (Fsp3) is 0.588. The van der Waals surface area contributed by atoms with Crippen LogP contribution in [-0.2, 0) is 15.7 Å². The van der Waals surface area contributed by atoms with E-state index in [2.05, 4.69) is 10.1 Å². The molecular weight excluding hydrogens is 349 g/mol. The highest BCUT2D eigenvalue weighted by atomic mass is 19.4. The predicted octanol–water partition coefficient (Wildman–Crippen LogP) is 2.80. The molecule has 0 aromatic carbocycles. The van der Waals surface area contributed by atoms with Crippen molar-refractivity contribution in [2.75, 3.05) is 26.8 Å². The summed E-state index contributed by atoms with van der Waals surface area (Å²) in [5.41, 5.74) is 0.280. The molecule has 2 aromatic rings. The van der Waals surface area contributed by atoms with Crippen molar-refractivity contribution in [3.8, 4) is 0 Å². The van der Waals surface area contributed by atoms with Gasteiger partial charge in [0.2, 0.25) is 5.91 Å². The van der Waals surface area contributed by atoms with Crippen molar-refractivity contribution in [2.24, 2.45) is 0 Å². The van der Waals surface area contributed by atoms with Crippen molar-refractivity contribution >= 4 is 11.6 Å². The molecule has 1 fully saturated rings. The molecule has 26 heavy (non-hydrogen) atoms. The van der Waals surface area contributed by atoms with Crippen LogP contribution in [0.15, 0.2) is 12.1 Å². The minimum Gasteiger partial charge on any atom is -0.384 e. The molecule has 1 saturated heterocycles. The largest absolute Gasteiger partial charge is 0.433 e. The van der Waals surface area contributed by atoms with E-state index < -0.39 is 11.9 Å². The molecule has 0 aliphatic carbocycles. The van der Waals surface area contributed by atoms with E-state index in [0.29, 0.717) is 50.3 Å². The Balaban J connectivity index is 1.80. The Morgan fingerprint density at radius 1 is 1.31 bits per heavy atom. The molecule has 1 aliphatic rings. The first-order chi connectivity index (χ1) is 12.3. The Morgan fingerprint density at radius 2 is 2.00 bits per heavy atom. The van der Waals surface area contributed by atoms with Gasteiger partial charge in [-0.3, -0.25) is 4.79 Å². The van der Waals surface area contributed by atoms with Gasteiger partial charge in [0.05, 0.1) is 18.7 Å². The Labute approximate surface area is 148 Å². The average Bonchev–Trinajstić information content (AvgIpc) is 2.97. The first kappa shape index (κ1) is 18.6. The molecule has 3 rings (SSSR count). The summed E-state index contributed by atoms with van der Waals surface area (Å²) in [5.74, 6) is -0.0983. The van der Waals surface area contributed by atoms with Gasteiger partial charge in [-0.15, -0.1) is 0 Å². The number of methoxy groups -OCH3 is 1. The van der Waals surface area contributed by atoms with Crippen molar-refractivity contribution in [2.45, 2.75) is 38.3 Å². The first-order valence-corrected chi connectivity index (χ1v) is 8.51. The van der Waals surface area contributed by atoms with Gasteiger partial charge in [0.15, 0.2) is 5.65 Å². The van der Waals surface area contributed by atoms with Crippen LogP contribution >= 0.6 is 0 Å². The van der Waals surface area contributed by atoms with E-state index in [1.165, 1.54) is 7.11 Å². The van der Waals surface area contributed by atoms with E-state index in [4.69, 9.17) is 4.74 Å². The topological polar surface area (TPSA) is 59.7 Å². The van der Waals surface area contributed by atoms with Gasteiger partial charge >= 0.3 is 6.18 Å². The summed E-state index contributed by atoms with van der Waals surface area (Å²) in [4.78, 5) is 18.2. The Morgan fingerprint density at radius 3 is 2.62 bits per heavy atom. The molecule has 0 unspecified atom stereocenters. The summed E-state index contributed by atoms with van der Waals surface area (Å²) in [6.45, 7) is 3.03. The number of hydrogen-bond donors (Lipinski definition) is 0. The van der Waals surface area contributed by atoms with E-state index >= 15 is 0 Å². The second kappa shape index (κ2) is 7.22. The van der Waals surface area contributed by atoms with Gasteiger partial charge in [-0.05, 0) is 25.8 Å². The van der Waals surface area contributed by atoms with Crippen LogP contribution in [-0.4, -0.2) is 52.2 Å². The summed E-state index contributed by atoms with van der Waals surface area (Å²) in [6, 6.07) is 2.63. The van der Waals surface area contributed by atoms with Gasteiger partial charge in [-0.1, -0.05) is 0 Å². The maximum Gasteiger partial charge on any atom is 0.433 e. The van der Waals surface area contributed by atoms with Crippen molar-refractivity contribution in [1.29, 1.82) is 0 Å². The van der Waals surface area contributed by atoms with Crippen molar-refractivity contribution in [3.63, 3.8) is 0 Å². The lowest BCUT2D eigenvalue weighted by molar-refractivity contribution is -0.142. The second-order valence-corrected chi connectivity index (χ2v) is 6.52. The molecule has 0 atom stereocenters. The fourth-order valence-electron chi connectivity index (χ4n) is 3.29. The zero-order chi connectivity index (χ0) is 18.9. The zero-order valence-corrected chi connectivity index (χ0v) is 14.7. The molecule has 0 radical (unpaired) electrons. The minimum absolute atomic E-state index is 0.0103. The molecule has 142 valence electrons. The predicted molar refractivity (Wildman–Crippen MR) is 87.8 cm³/mol. The van der Waals surface area contributed by atoms with Crippen LogP contribution in [0.1, 0.15) is 42.3 Å². The number of ether oxygens (including phenoxy) is 1. The summed E-state index contributed by atoms with van der Waals surface area (Å²) in [7, 11) is 1.54. The van der Waals surface area contributed by atoms with E-state index in [-0.39, 0.29) is 17.5 Å². The van der Waals surface area contributed by atoms with Gasteiger partial charge in [0.25, 0.3) is 0 Å². The van der Waals surface area contributed by atoms with Crippen LogP contribution in [0.25, 0.3) is 5.65 Å². The normalized spacial score (nSPS) is 16.4. The number of carbonyl (C=O) groups excluding carboxylic acids is 1. The molecule has 0 N–H and O–H groups in total. The number of piperidine rings is 1. The van der Waals surface area contributed by atoms with Gasteiger partial charge in [0.1, 0.15) is 5.69 Å². The number of carbonyl (C=O) groups is 1. The van der Waals surface area contributed by atoms with Gasteiger partial charge in [-0.2, -0.15) is 18.3 Å². The highest BCUT2D eigenvalue weighted by Crippen LogP contribution is 2.34. The maximum absolute atomic E-state index is 13.4. The summed E-state index contributed by atoms with van der Waals surface area (Å²) < 4.78 is 46.0. The van der Waals surface area contributed by atoms with Crippen LogP contribution in [0.2, 0.25) is 0 Å². The van der Waals surface area contributed by atoms with Crippen LogP contribution in [0.4, 0.5) is 13.2 Å². The zero-order valence-electron chi connectivity index (χ0n) is 14.7. The molecule has 1 amide bonds. The van der Waals surface area contributed by atoms with E-state index in [9.17, 15) is 18.0 Å². The molecular formula is C17H21F3N4O2. The number of nitrogens with zero attached hydrogens (tertiary/aromatic N) is 4. The van der Waals surface area contributed by atoms with Gasteiger partial charge in [-0.25, -0.2) is 9.50 Å². The summed E-state index contributed by atoms with van der Waals surface area (Å²) >= 11 is 0. The van der Waals surface area contributed by atoms with Crippen molar-refractivity contribution in [1.82, 2.24) is 19.5 Å². The Kier molecular flexibility index (Phi) is 5.17. The molecule has 3 heterocycles. The summed E-state index contributed by atoms with van der Waals surface area (Å²) in [5, 5.41) is 3.90. The lowest BCUT2D eigenvalue weighted by Crippen LogP contribution is -2.38. The third kappa shape index (κ3) is 3.82. The third-order valence-corrected chi connectivity index (χ3v) is 4.65. The number of rotatable bonds is 4. The lowest BCUT2D eigenvalue weighted by Gasteiger charge is -2.32. The molecule has 0 saturated carbocycles. The quantitative estimate of drug-likeness (QED) is 0.830. The number of halogens is 3. The molecule has 6 nitrogen and oxygen atoms in total. The number of aromatic nitrogens is 3. The summed E-state index contributed by atoms with van der Waals surface area (Å²) in [6.07, 6.45) is -3.01. The molecule has 0 bridgehead atoms. The van der Waals surface area contributed by atoms with Gasteiger partial charge in [0, 0.05) is 37.9 Å². The number of fused-ring (bicyclic) bond motifs is 1. The van der Waals surface area contributed by atoms with E-state index in [1.54, 1.807) is 17.9 Å². The number of alkyl halides is 3. The monoisotopic (exact) mass is 370 g/mol. The van der Waals surface area contributed by atoms with Crippen LogP contribution < -0.4 is 0 Å². The van der Waals surface area contributed by atoms with Gasteiger partial charge < -0.3 is 9.64 Å². The van der Waals surface area contributed by atoms with E-state index in [0.717, 1.165) is 10.6 Å². The first-order valence-electron chi connectivity index (χ1n) is 8.51. The third-order valence-electron chi connectivity index (χ3n) is 4.65. The standard InChI is InChI=1S/C17H21F3N4O2/c1-11-9-15-21-13(10-14(17(18,19)20)24(15)22-11)12-3-6-23(7-4-12)16(25)5-8-26-2/h9-10,12H,3-8H2,1-2H3. The Hall–Kier alpha value is -2.16. The number of amides is 1. The Bertz CT molecular complexity index is 795. The minimum atomic E-state index is -4.51. The van der Waals surface area contributed by atoms with Crippen LogP contribution in [0.5, 0.6) is 0 Å². The van der Waals surface area contributed by atoms with Crippen molar-refractivity contribution < 1.29 is 22.7 Å². The SMILES string of the molecule is COCCC(=O)N1CCC(c2cc(C(F)(F)F)n3nc(C)cc3n2)CC1. The van der Waals surface area contributed by atoms with E-state index in [1.807, 2.05) is 0 Å².